The molecule has 96 valence electrons. The van der Waals surface area contributed by atoms with E-state index >= 15 is 0 Å². The van der Waals surface area contributed by atoms with E-state index in [0.29, 0.717) is 5.56 Å². The maximum absolute atomic E-state index is 13.8. The van der Waals surface area contributed by atoms with Gasteiger partial charge in [-0.1, -0.05) is 25.1 Å². The van der Waals surface area contributed by atoms with Gasteiger partial charge in [0, 0.05) is 11.6 Å². The summed E-state index contributed by atoms with van der Waals surface area (Å²) in [6.45, 7) is 8.25. The Morgan fingerprint density at radius 1 is 1.29 bits per heavy atom. The third-order valence-corrected chi connectivity index (χ3v) is 3.51. The Morgan fingerprint density at radius 3 is 2.35 bits per heavy atom. The Balaban J connectivity index is 3.03. The molecule has 0 radical (unpaired) electrons. The van der Waals surface area contributed by atoms with Gasteiger partial charge >= 0.3 is 0 Å². The minimum absolute atomic E-state index is 0.168. The first-order valence-corrected chi connectivity index (χ1v) is 9.44. The van der Waals surface area contributed by atoms with Crippen LogP contribution in [0.1, 0.15) is 25.0 Å². The van der Waals surface area contributed by atoms with Crippen LogP contribution < -0.4 is 5.73 Å². The summed E-state index contributed by atoms with van der Waals surface area (Å²) in [6, 6.07) is 6.55. The molecule has 0 saturated carbocycles. The van der Waals surface area contributed by atoms with Gasteiger partial charge in [0.2, 0.25) is 0 Å². The van der Waals surface area contributed by atoms with Crippen LogP contribution in [0, 0.1) is 5.82 Å². The number of rotatable bonds is 5. The van der Waals surface area contributed by atoms with Crippen molar-refractivity contribution < 1.29 is 8.82 Å². The SMILES string of the molecule is CCC(N)C(O[Si](C)(C)C)c1ccccc1F. The number of nitrogens with two attached hydrogens (primary N) is 1. The van der Waals surface area contributed by atoms with Crippen LogP contribution in [-0.4, -0.2) is 14.4 Å². The molecule has 0 heterocycles. The van der Waals surface area contributed by atoms with Crippen molar-refractivity contribution in [3.05, 3.63) is 35.6 Å². The molecule has 0 aliphatic rings. The first-order chi connectivity index (χ1) is 7.85. The average Bonchev–Trinajstić information content (AvgIpc) is 2.25. The van der Waals surface area contributed by atoms with Crippen molar-refractivity contribution in [2.24, 2.45) is 5.73 Å². The van der Waals surface area contributed by atoms with Crippen LogP contribution in [0.4, 0.5) is 4.39 Å². The fraction of sp³-hybridized carbons (Fsp3) is 0.538. The molecule has 0 aromatic heterocycles. The van der Waals surface area contributed by atoms with E-state index in [1.807, 2.05) is 13.0 Å². The van der Waals surface area contributed by atoms with Gasteiger partial charge in [0.05, 0.1) is 6.10 Å². The number of hydrogen-bond acceptors (Lipinski definition) is 2. The molecule has 0 aliphatic heterocycles. The summed E-state index contributed by atoms with van der Waals surface area (Å²) >= 11 is 0. The van der Waals surface area contributed by atoms with E-state index in [0.717, 1.165) is 6.42 Å². The Hall–Kier alpha value is -0.713. The van der Waals surface area contributed by atoms with Gasteiger partial charge in [-0.3, -0.25) is 0 Å². The lowest BCUT2D eigenvalue weighted by Gasteiger charge is -2.30. The molecular formula is C13H22FNOSi. The van der Waals surface area contributed by atoms with Crippen LogP contribution in [0.5, 0.6) is 0 Å². The summed E-state index contributed by atoms with van der Waals surface area (Å²) in [5.74, 6) is -0.236. The van der Waals surface area contributed by atoms with Gasteiger partial charge in [-0.2, -0.15) is 0 Å². The molecule has 1 rings (SSSR count). The van der Waals surface area contributed by atoms with Crippen LogP contribution in [0.25, 0.3) is 0 Å². The zero-order chi connectivity index (χ0) is 13.1. The molecule has 0 fully saturated rings. The quantitative estimate of drug-likeness (QED) is 0.818. The fourth-order valence-electron chi connectivity index (χ4n) is 1.68. The Bertz CT molecular complexity index is 365. The second kappa shape index (κ2) is 5.75. The molecule has 2 unspecified atom stereocenters. The number of halogens is 1. The highest BCUT2D eigenvalue weighted by Crippen LogP contribution is 2.27. The first kappa shape index (κ1) is 14.3. The predicted octanol–water partition coefficient (Wildman–Crippen LogP) is 3.46. The lowest BCUT2D eigenvalue weighted by atomic mass is 10.0. The van der Waals surface area contributed by atoms with Crippen molar-refractivity contribution in [3.8, 4) is 0 Å². The second-order valence-corrected chi connectivity index (χ2v) is 9.70. The minimum atomic E-state index is -1.75. The van der Waals surface area contributed by atoms with E-state index in [-0.39, 0.29) is 18.0 Å². The van der Waals surface area contributed by atoms with Crippen LogP contribution in [0.15, 0.2) is 24.3 Å². The lowest BCUT2D eigenvalue weighted by Crippen LogP contribution is -2.37. The maximum Gasteiger partial charge on any atom is 0.184 e. The highest BCUT2D eigenvalue weighted by atomic mass is 28.4. The number of benzene rings is 1. The Labute approximate surface area is 104 Å². The third-order valence-electron chi connectivity index (χ3n) is 2.55. The molecule has 1 aromatic carbocycles. The largest absolute Gasteiger partial charge is 0.409 e. The zero-order valence-corrected chi connectivity index (χ0v) is 12.0. The molecule has 0 saturated heterocycles. The number of hydrogen-bond donors (Lipinski definition) is 1. The molecular weight excluding hydrogens is 233 g/mol. The normalized spacial score (nSPS) is 15.6. The van der Waals surface area contributed by atoms with Gasteiger partial charge in [0.15, 0.2) is 8.32 Å². The van der Waals surface area contributed by atoms with E-state index < -0.39 is 8.32 Å². The van der Waals surface area contributed by atoms with Crippen molar-refractivity contribution in [3.63, 3.8) is 0 Å². The first-order valence-electron chi connectivity index (χ1n) is 6.03. The maximum atomic E-state index is 13.8. The van der Waals surface area contributed by atoms with Gasteiger partial charge in [-0.25, -0.2) is 4.39 Å². The van der Waals surface area contributed by atoms with Crippen LogP contribution in [-0.2, 0) is 4.43 Å². The molecule has 17 heavy (non-hydrogen) atoms. The fourth-order valence-corrected chi connectivity index (χ4v) is 2.75. The van der Waals surface area contributed by atoms with Crippen molar-refractivity contribution >= 4 is 8.32 Å². The average molecular weight is 255 g/mol. The van der Waals surface area contributed by atoms with E-state index in [2.05, 4.69) is 19.6 Å². The molecule has 0 spiro atoms. The summed E-state index contributed by atoms with van der Waals surface area (Å²) in [5, 5.41) is 0. The van der Waals surface area contributed by atoms with E-state index in [1.165, 1.54) is 6.07 Å². The smallest absolute Gasteiger partial charge is 0.184 e. The van der Waals surface area contributed by atoms with Gasteiger partial charge in [-0.05, 0) is 32.1 Å². The molecule has 0 aliphatic carbocycles. The predicted molar refractivity (Wildman–Crippen MR) is 71.8 cm³/mol. The highest BCUT2D eigenvalue weighted by molar-refractivity contribution is 6.69. The highest BCUT2D eigenvalue weighted by Gasteiger charge is 2.28. The molecule has 2 nitrogen and oxygen atoms in total. The van der Waals surface area contributed by atoms with Gasteiger partial charge in [0.25, 0.3) is 0 Å². The van der Waals surface area contributed by atoms with E-state index in [1.54, 1.807) is 12.1 Å². The zero-order valence-electron chi connectivity index (χ0n) is 11.0. The van der Waals surface area contributed by atoms with Crippen molar-refractivity contribution in [1.29, 1.82) is 0 Å². The van der Waals surface area contributed by atoms with Crippen molar-refractivity contribution in [2.75, 3.05) is 0 Å². The summed E-state index contributed by atoms with van der Waals surface area (Å²) in [4.78, 5) is 0. The molecule has 2 atom stereocenters. The van der Waals surface area contributed by atoms with Gasteiger partial charge in [0.1, 0.15) is 5.82 Å². The molecule has 1 aromatic rings. The monoisotopic (exact) mass is 255 g/mol. The summed E-state index contributed by atoms with van der Waals surface area (Å²) < 4.78 is 19.8. The lowest BCUT2D eigenvalue weighted by molar-refractivity contribution is 0.159. The third kappa shape index (κ3) is 4.22. The Kier molecular flexibility index (Phi) is 4.86. The van der Waals surface area contributed by atoms with E-state index in [4.69, 9.17) is 10.2 Å². The van der Waals surface area contributed by atoms with Gasteiger partial charge < -0.3 is 10.2 Å². The minimum Gasteiger partial charge on any atom is -0.409 e. The van der Waals surface area contributed by atoms with Crippen molar-refractivity contribution in [1.82, 2.24) is 0 Å². The van der Waals surface area contributed by atoms with E-state index in [9.17, 15) is 4.39 Å². The van der Waals surface area contributed by atoms with Gasteiger partial charge in [-0.15, -0.1) is 0 Å². The van der Waals surface area contributed by atoms with Crippen LogP contribution in [0.3, 0.4) is 0 Å². The molecule has 4 heteroatoms. The van der Waals surface area contributed by atoms with Crippen molar-refractivity contribution in [2.45, 2.75) is 45.1 Å². The molecule has 2 N–H and O–H groups in total. The van der Waals surface area contributed by atoms with Crippen LogP contribution in [0.2, 0.25) is 19.6 Å². The standard InChI is InChI=1S/C13H22FNOSi/c1-5-12(15)13(16-17(2,3)4)10-8-6-7-9-11(10)14/h6-9,12-13H,5,15H2,1-4H3. The summed E-state index contributed by atoms with van der Waals surface area (Å²) in [6.07, 6.45) is 0.427. The second-order valence-electron chi connectivity index (χ2n) is 5.24. The van der Waals surface area contributed by atoms with Crippen LogP contribution >= 0.6 is 0 Å². The topological polar surface area (TPSA) is 35.2 Å². The summed E-state index contributed by atoms with van der Waals surface area (Å²) in [5.41, 5.74) is 6.63. The summed E-state index contributed by atoms with van der Waals surface area (Å²) in [7, 11) is -1.75. The molecule has 0 amide bonds. The Morgan fingerprint density at radius 2 is 1.88 bits per heavy atom. The molecule has 0 bridgehead atoms.